The van der Waals surface area contributed by atoms with Crippen LogP contribution in [0.2, 0.25) is 0 Å². The molecule has 1 aromatic carbocycles. The second-order valence-electron chi connectivity index (χ2n) is 6.37. The van der Waals surface area contributed by atoms with E-state index in [1.54, 1.807) is 31.3 Å². The number of nitrogens with two attached hydrogens (primary N) is 1. The van der Waals surface area contributed by atoms with E-state index < -0.39 is 11.8 Å². The number of pyridine rings is 2. The number of hydrogen-bond donors (Lipinski definition) is 3. The molecule has 4 aromatic rings. The summed E-state index contributed by atoms with van der Waals surface area (Å²) < 4.78 is 0. The molecule has 0 aliphatic carbocycles. The second-order valence-corrected chi connectivity index (χ2v) is 6.37. The number of rotatable bonds is 4. The topological polar surface area (TPSA) is 130 Å². The van der Waals surface area contributed by atoms with E-state index in [0.29, 0.717) is 22.2 Å². The van der Waals surface area contributed by atoms with Crippen LogP contribution in [0, 0.1) is 6.92 Å². The number of carbonyl (C=O) groups excluding carboxylic acids is 2. The van der Waals surface area contributed by atoms with Crippen LogP contribution in [0.3, 0.4) is 0 Å². The number of nitrogens with zero attached hydrogens (tertiary/aromatic N) is 4. The normalized spacial score (nSPS) is 10.7. The van der Waals surface area contributed by atoms with E-state index in [2.05, 4.69) is 25.5 Å². The lowest BCUT2D eigenvalue weighted by molar-refractivity contribution is 0.0615. The molecule has 0 aliphatic rings. The molecule has 0 bridgehead atoms. The van der Waals surface area contributed by atoms with Gasteiger partial charge in [0.15, 0.2) is 0 Å². The second kappa shape index (κ2) is 7.49. The van der Waals surface area contributed by atoms with Crippen molar-refractivity contribution in [2.24, 2.45) is 5.84 Å². The third-order valence-corrected chi connectivity index (χ3v) is 4.32. The number of fused-ring (bicyclic) bond motifs is 1. The van der Waals surface area contributed by atoms with Crippen molar-refractivity contribution in [3.05, 3.63) is 77.9 Å². The summed E-state index contributed by atoms with van der Waals surface area (Å²) in [6.07, 6.45) is 4.60. The average molecular weight is 387 g/mol. The molecule has 0 saturated carbocycles. The number of hydrogen-bond acceptors (Lipinski definition) is 7. The highest BCUT2D eigenvalue weighted by Crippen LogP contribution is 2.23. The molecule has 0 atom stereocenters. The Hall–Kier alpha value is -4.11. The number of imide groups is 1. The van der Waals surface area contributed by atoms with Crippen LogP contribution in [0.1, 0.15) is 26.4 Å². The fraction of sp³-hybridized carbons (Fsp3) is 0.0500. The number of amides is 2. The Balaban J connectivity index is 1.65. The van der Waals surface area contributed by atoms with E-state index in [1.807, 2.05) is 18.2 Å². The van der Waals surface area contributed by atoms with Crippen LogP contribution in [-0.2, 0) is 0 Å². The lowest BCUT2D eigenvalue weighted by atomic mass is 10.2. The molecule has 0 saturated heterocycles. The van der Waals surface area contributed by atoms with Gasteiger partial charge in [-0.1, -0.05) is 0 Å². The van der Waals surface area contributed by atoms with Gasteiger partial charge in [0.1, 0.15) is 5.82 Å². The predicted octanol–water partition coefficient (Wildman–Crippen LogP) is 2.56. The number of hydrazine groups is 1. The minimum atomic E-state index is -0.684. The maximum absolute atomic E-state index is 12.9. The fourth-order valence-corrected chi connectivity index (χ4v) is 2.83. The minimum absolute atomic E-state index is 0.167. The van der Waals surface area contributed by atoms with Crippen LogP contribution >= 0.6 is 0 Å². The zero-order valence-electron chi connectivity index (χ0n) is 15.5. The largest absolute Gasteiger partial charge is 0.339 e. The van der Waals surface area contributed by atoms with Crippen LogP contribution in [0.4, 0.5) is 11.5 Å². The molecule has 3 aromatic heterocycles. The van der Waals surface area contributed by atoms with Crippen molar-refractivity contribution in [2.75, 3.05) is 5.32 Å². The number of aryl methyl sites for hydroxylation is 1. The predicted molar refractivity (Wildman–Crippen MR) is 107 cm³/mol. The first-order valence-corrected chi connectivity index (χ1v) is 8.74. The van der Waals surface area contributed by atoms with Gasteiger partial charge >= 0.3 is 0 Å². The molecule has 0 spiro atoms. The highest BCUT2D eigenvalue weighted by Gasteiger charge is 2.24. The summed E-state index contributed by atoms with van der Waals surface area (Å²) in [6.45, 7) is 1.80. The van der Waals surface area contributed by atoms with Crippen molar-refractivity contribution >= 4 is 34.2 Å². The summed E-state index contributed by atoms with van der Waals surface area (Å²) in [4.78, 5) is 33.7. The van der Waals surface area contributed by atoms with Gasteiger partial charge in [-0.15, -0.1) is 0 Å². The van der Waals surface area contributed by atoms with Crippen molar-refractivity contribution in [1.82, 2.24) is 25.2 Å². The summed E-state index contributed by atoms with van der Waals surface area (Å²) >= 11 is 0. The molecule has 0 unspecified atom stereocenters. The van der Waals surface area contributed by atoms with Crippen LogP contribution in [0.25, 0.3) is 10.9 Å². The monoisotopic (exact) mass is 387 g/mol. The summed E-state index contributed by atoms with van der Waals surface area (Å²) in [6, 6.07) is 12.0. The molecule has 0 fully saturated rings. The maximum Gasteiger partial charge on any atom is 0.278 e. The van der Waals surface area contributed by atoms with Crippen molar-refractivity contribution in [3.8, 4) is 0 Å². The number of nitrogens with one attached hydrogen (secondary N) is 2. The zero-order chi connectivity index (χ0) is 20.4. The van der Waals surface area contributed by atoms with Crippen molar-refractivity contribution in [3.63, 3.8) is 0 Å². The molecule has 2 amide bonds. The van der Waals surface area contributed by atoms with Crippen LogP contribution in [0.15, 0.2) is 61.1 Å². The standard InChI is InChI=1S/C20H17N7O2/c1-12-4-7-16(20(29)27(21)19(28)14-3-2-8-22-10-14)18(24-12)25-15-6-5-13-11-23-26-17(13)9-15/h2-11H,21H2,1H3,(H,23,26)(H,24,25). The first-order chi connectivity index (χ1) is 14.0. The van der Waals surface area contributed by atoms with Crippen molar-refractivity contribution in [1.29, 1.82) is 0 Å². The number of carbonyl (C=O) groups is 2. The molecule has 29 heavy (non-hydrogen) atoms. The molecule has 4 rings (SSSR count). The third kappa shape index (κ3) is 3.66. The Labute approximate surface area is 165 Å². The minimum Gasteiger partial charge on any atom is -0.339 e. The molecule has 9 nitrogen and oxygen atoms in total. The molecule has 3 heterocycles. The summed E-state index contributed by atoms with van der Waals surface area (Å²) in [5.41, 5.74) is 2.62. The van der Waals surface area contributed by atoms with Gasteiger partial charge in [-0.05, 0) is 49.4 Å². The lowest BCUT2D eigenvalue weighted by Crippen LogP contribution is -2.43. The molecular formula is C20H17N7O2. The Bertz CT molecular complexity index is 1200. The molecular weight excluding hydrogens is 370 g/mol. The van der Waals surface area contributed by atoms with Gasteiger partial charge in [0, 0.05) is 29.2 Å². The van der Waals surface area contributed by atoms with E-state index in [1.165, 1.54) is 18.5 Å². The van der Waals surface area contributed by atoms with Gasteiger partial charge in [-0.2, -0.15) is 5.10 Å². The molecule has 4 N–H and O–H groups in total. The Kier molecular flexibility index (Phi) is 4.71. The van der Waals surface area contributed by atoms with Crippen LogP contribution in [0.5, 0.6) is 0 Å². The van der Waals surface area contributed by atoms with Crippen molar-refractivity contribution < 1.29 is 9.59 Å². The Morgan fingerprint density at radius 2 is 1.97 bits per heavy atom. The van der Waals surface area contributed by atoms with E-state index >= 15 is 0 Å². The molecule has 9 heteroatoms. The number of H-pyrrole nitrogens is 1. The van der Waals surface area contributed by atoms with Gasteiger partial charge in [0.2, 0.25) is 0 Å². The summed E-state index contributed by atoms with van der Waals surface area (Å²) in [5.74, 6) is 4.78. The molecule has 144 valence electrons. The zero-order valence-corrected chi connectivity index (χ0v) is 15.5. The van der Waals surface area contributed by atoms with Gasteiger partial charge in [-0.3, -0.25) is 19.7 Å². The number of benzene rings is 1. The summed E-state index contributed by atoms with van der Waals surface area (Å²) in [7, 11) is 0. The first kappa shape index (κ1) is 18.3. The van der Waals surface area contributed by atoms with E-state index in [0.717, 1.165) is 10.9 Å². The Morgan fingerprint density at radius 3 is 2.76 bits per heavy atom. The van der Waals surface area contributed by atoms with Crippen molar-refractivity contribution in [2.45, 2.75) is 6.92 Å². The molecule has 0 radical (unpaired) electrons. The quantitative estimate of drug-likeness (QED) is 0.212. The smallest absolute Gasteiger partial charge is 0.278 e. The van der Waals surface area contributed by atoms with Crippen LogP contribution < -0.4 is 11.2 Å². The van der Waals surface area contributed by atoms with E-state index in [4.69, 9.17) is 5.84 Å². The number of anilines is 2. The van der Waals surface area contributed by atoms with Gasteiger partial charge in [0.25, 0.3) is 11.8 Å². The highest BCUT2D eigenvalue weighted by atomic mass is 16.2. The van der Waals surface area contributed by atoms with Gasteiger partial charge in [0.05, 0.1) is 22.8 Å². The summed E-state index contributed by atoms with van der Waals surface area (Å²) in [5, 5.41) is 11.5. The SMILES string of the molecule is Cc1ccc(C(=O)N(N)C(=O)c2cccnc2)c(Nc2ccc3cn[nH]c3c2)n1. The fourth-order valence-electron chi connectivity index (χ4n) is 2.83. The number of aromatic amines is 1. The molecule has 0 aliphatic heterocycles. The first-order valence-electron chi connectivity index (χ1n) is 8.74. The van der Waals surface area contributed by atoms with E-state index in [-0.39, 0.29) is 11.1 Å². The van der Waals surface area contributed by atoms with Gasteiger partial charge in [-0.25, -0.2) is 15.8 Å². The lowest BCUT2D eigenvalue weighted by Gasteiger charge is -2.17. The van der Waals surface area contributed by atoms with E-state index in [9.17, 15) is 9.59 Å². The average Bonchev–Trinajstić information content (AvgIpc) is 3.21. The highest BCUT2D eigenvalue weighted by molar-refractivity contribution is 6.11. The third-order valence-electron chi connectivity index (χ3n) is 4.32. The van der Waals surface area contributed by atoms with Crippen LogP contribution in [-0.4, -0.2) is 37.0 Å². The number of aromatic nitrogens is 4. The van der Waals surface area contributed by atoms with Gasteiger partial charge < -0.3 is 5.32 Å². The Morgan fingerprint density at radius 1 is 1.10 bits per heavy atom. The maximum atomic E-state index is 12.9.